The molecule has 8 nitrogen and oxygen atoms in total. The Morgan fingerprint density at radius 3 is 2.75 bits per heavy atom. The first kappa shape index (κ1) is 18.0. The number of hydrogen-bond acceptors (Lipinski definition) is 7. The molecule has 3 heterocycles. The molecule has 8 heteroatoms. The second-order valence-corrected chi connectivity index (χ2v) is 6.55. The van der Waals surface area contributed by atoms with E-state index < -0.39 is 0 Å². The lowest BCUT2D eigenvalue weighted by molar-refractivity contribution is -0.128. The summed E-state index contributed by atoms with van der Waals surface area (Å²) in [5.41, 5.74) is 1.74. The Hall–Kier alpha value is -3.42. The van der Waals surface area contributed by atoms with E-state index in [2.05, 4.69) is 15.1 Å². The maximum absolute atomic E-state index is 12.5. The van der Waals surface area contributed by atoms with Crippen molar-refractivity contribution in [1.82, 2.24) is 20.0 Å². The van der Waals surface area contributed by atoms with Crippen LogP contribution in [0.15, 0.2) is 47.2 Å². The summed E-state index contributed by atoms with van der Waals surface area (Å²) < 4.78 is 16.1. The van der Waals surface area contributed by atoms with Crippen molar-refractivity contribution in [2.24, 2.45) is 0 Å². The molecule has 1 unspecified atom stereocenters. The average molecular weight is 380 g/mol. The molecule has 1 aliphatic heterocycles. The molecule has 2 aromatic heterocycles. The van der Waals surface area contributed by atoms with Crippen molar-refractivity contribution in [3.05, 3.63) is 54.2 Å². The summed E-state index contributed by atoms with van der Waals surface area (Å²) in [5.74, 6) is 2.30. The zero-order chi connectivity index (χ0) is 19.5. The van der Waals surface area contributed by atoms with E-state index in [4.69, 9.17) is 14.0 Å². The Morgan fingerprint density at radius 2 is 2.00 bits per heavy atom. The van der Waals surface area contributed by atoms with Gasteiger partial charge >= 0.3 is 0 Å². The number of amides is 1. The van der Waals surface area contributed by atoms with Gasteiger partial charge in [0.25, 0.3) is 0 Å². The molecule has 1 saturated heterocycles. The number of likely N-dealkylation sites (tertiary alicyclic amines) is 1. The predicted octanol–water partition coefficient (Wildman–Crippen LogP) is 2.66. The molecule has 0 saturated carbocycles. The van der Waals surface area contributed by atoms with Crippen molar-refractivity contribution >= 4 is 5.91 Å². The third kappa shape index (κ3) is 3.53. The largest absolute Gasteiger partial charge is 0.497 e. The second kappa shape index (κ2) is 7.67. The van der Waals surface area contributed by atoms with Gasteiger partial charge in [0.1, 0.15) is 11.5 Å². The summed E-state index contributed by atoms with van der Waals surface area (Å²) in [6, 6.07) is 9.21. The first-order chi connectivity index (χ1) is 13.7. The van der Waals surface area contributed by atoms with Crippen LogP contribution in [0.4, 0.5) is 0 Å². The second-order valence-electron chi connectivity index (χ2n) is 6.55. The van der Waals surface area contributed by atoms with Crippen LogP contribution >= 0.6 is 0 Å². The van der Waals surface area contributed by atoms with Crippen molar-refractivity contribution in [2.45, 2.75) is 18.9 Å². The lowest BCUT2D eigenvalue weighted by Crippen LogP contribution is -2.24. The fourth-order valence-corrected chi connectivity index (χ4v) is 3.30. The molecule has 0 radical (unpaired) electrons. The molecule has 1 atom stereocenters. The quantitative estimate of drug-likeness (QED) is 0.649. The standard InChI is InChI=1S/C20H20N4O4/c1-26-16-4-3-14(17(10-16)27-2)11-24-12-15(9-18(24)25)20-22-19(23-28-20)13-5-7-21-8-6-13/h3-8,10,15H,9,11-12H2,1-2H3. The van der Waals surface area contributed by atoms with E-state index in [9.17, 15) is 4.79 Å². The van der Waals surface area contributed by atoms with E-state index in [0.29, 0.717) is 42.7 Å². The van der Waals surface area contributed by atoms with Gasteiger partial charge in [0.05, 0.1) is 20.1 Å². The van der Waals surface area contributed by atoms with Gasteiger partial charge in [-0.1, -0.05) is 5.16 Å². The molecule has 1 amide bonds. The zero-order valence-electron chi connectivity index (χ0n) is 15.7. The smallest absolute Gasteiger partial charge is 0.232 e. The number of pyridine rings is 1. The Bertz CT molecular complexity index is 973. The summed E-state index contributed by atoms with van der Waals surface area (Å²) in [6.45, 7) is 0.972. The third-order valence-electron chi connectivity index (χ3n) is 4.80. The number of methoxy groups -OCH3 is 2. The minimum absolute atomic E-state index is 0.0477. The van der Waals surface area contributed by atoms with Crippen molar-refractivity contribution in [3.8, 4) is 22.9 Å². The highest BCUT2D eigenvalue weighted by Crippen LogP contribution is 2.32. The molecule has 28 heavy (non-hydrogen) atoms. The van der Waals surface area contributed by atoms with E-state index in [-0.39, 0.29) is 11.8 Å². The monoisotopic (exact) mass is 380 g/mol. The summed E-state index contributed by atoms with van der Waals surface area (Å²) in [5, 5.41) is 4.03. The van der Waals surface area contributed by atoms with Gasteiger partial charge in [0, 0.05) is 49.1 Å². The molecule has 144 valence electrons. The summed E-state index contributed by atoms with van der Waals surface area (Å²) in [6.07, 6.45) is 3.69. The Kier molecular flexibility index (Phi) is 4.92. The van der Waals surface area contributed by atoms with Crippen LogP contribution in [0.1, 0.15) is 23.8 Å². The highest BCUT2D eigenvalue weighted by molar-refractivity contribution is 5.79. The van der Waals surface area contributed by atoms with Gasteiger partial charge < -0.3 is 18.9 Å². The van der Waals surface area contributed by atoms with Crippen LogP contribution in [0.3, 0.4) is 0 Å². The topological polar surface area (TPSA) is 90.6 Å². The van der Waals surface area contributed by atoms with E-state index in [1.54, 1.807) is 31.5 Å². The zero-order valence-corrected chi connectivity index (χ0v) is 15.7. The molecule has 0 N–H and O–H groups in total. The first-order valence-electron chi connectivity index (χ1n) is 8.90. The average Bonchev–Trinajstić information content (AvgIpc) is 3.36. The Labute approximate surface area is 162 Å². The SMILES string of the molecule is COc1ccc(CN2CC(c3nc(-c4ccncc4)no3)CC2=O)c(OC)c1. The Balaban J connectivity index is 1.48. The van der Waals surface area contributed by atoms with Gasteiger partial charge in [-0.3, -0.25) is 9.78 Å². The highest BCUT2D eigenvalue weighted by Gasteiger charge is 2.34. The number of carbonyl (C=O) groups is 1. The molecule has 1 aliphatic rings. The van der Waals surface area contributed by atoms with E-state index in [0.717, 1.165) is 11.1 Å². The van der Waals surface area contributed by atoms with Crippen molar-refractivity contribution in [2.75, 3.05) is 20.8 Å². The molecule has 0 aliphatic carbocycles. The lowest BCUT2D eigenvalue weighted by Gasteiger charge is -2.18. The molecular formula is C20H20N4O4. The van der Waals surface area contributed by atoms with Gasteiger partial charge in [0.15, 0.2) is 0 Å². The number of nitrogens with zero attached hydrogens (tertiary/aromatic N) is 4. The first-order valence-corrected chi connectivity index (χ1v) is 8.90. The van der Waals surface area contributed by atoms with Crippen molar-refractivity contribution < 1.29 is 18.8 Å². The number of aromatic nitrogens is 3. The molecular weight excluding hydrogens is 360 g/mol. The van der Waals surface area contributed by atoms with Crippen LogP contribution in [0.25, 0.3) is 11.4 Å². The predicted molar refractivity (Wildman–Crippen MR) is 99.9 cm³/mol. The number of ether oxygens (including phenoxy) is 2. The fraction of sp³-hybridized carbons (Fsp3) is 0.300. The van der Waals surface area contributed by atoms with Crippen LogP contribution in [-0.4, -0.2) is 46.7 Å². The van der Waals surface area contributed by atoms with Gasteiger partial charge in [0.2, 0.25) is 17.6 Å². The minimum Gasteiger partial charge on any atom is -0.497 e. The third-order valence-corrected chi connectivity index (χ3v) is 4.80. The van der Waals surface area contributed by atoms with E-state index in [1.807, 2.05) is 30.3 Å². The van der Waals surface area contributed by atoms with Crippen LogP contribution in [0.5, 0.6) is 11.5 Å². The maximum Gasteiger partial charge on any atom is 0.232 e. The van der Waals surface area contributed by atoms with Crippen LogP contribution in [0, 0.1) is 0 Å². The maximum atomic E-state index is 12.5. The van der Waals surface area contributed by atoms with Crippen LogP contribution in [0.2, 0.25) is 0 Å². The molecule has 0 bridgehead atoms. The number of hydrogen-bond donors (Lipinski definition) is 0. The minimum atomic E-state index is -0.125. The van der Waals surface area contributed by atoms with Gasteiger partial charge in [-0.15, -0.1) is 0 Å². The Morgan fingerprint density at radius 1 is 1.18 bits per heavy atom. The van der Waals surface area contributed by atoms with Crippen molar-refractivity contribution in [1.29, 1.82) is 0 Å². The normalized spacial score (nSPS) is 16.4. The fourth-order valence-electron chi connectivity index (χ4n) is 3.30. The van der Waals surface area contributed by atoms with E-state index in [1.165, 1.54) is 0 Å². The lowest BCUT2D eigenvalue weighted by atomic mass is 10.1. The molecule has 4 rings (SSSR count). The summed E-state index contributed by atoms with van der Waals surface area (Å²) >= 11 is 0. The van der Waals surface area contributed by atoms with Crippen molar-refractivity contribution in [3.63, 3.8) is 0 Å². The molecule has 0 spiro atoms. The summed E-state index contributed by atoms with van der Waals surface area (Å²) in [4.78, 5) is 22.8. The van der Waals surface area contributed by atoms with Crippen LogP contribution in [-0.2, 0) is 11.3 Å². The van der Waals surface area contributed by atoms with E-state index >= 15 is 0 Å². The number of carbonyl (C=O) groups excluding carboxylic acids is 1. The molecule has 1 fully saturated rings. The van der Waals surface area contributed by atoms with Gasteiger partial charge in [-0.05, 0) is 24.3 Å². The number of benzene rings is 1. The number of rotatable bonds is 6. The van der Waals surface area contributed by atoms with Gasteiger partial charge in [-0.2, -0.15) is 4.98 Å². The summed E-state index contributed by atoms with van der Waals surface area (Å²) in [7, 11) is 3.21. The molecule has 1 aromatic carbocycles. The molecule has 3 aromatic rings. The van der Waals surface area contributed by atoms with Crippen LogP contribution < -0.4 is 9.47 Å². The highest BCUT2D eigenvalue weighted by atomic mass is 16.5. The van der Waals surface area contributed by atoms with Gasteiger partial charge in [-0.25, -0.2) is 0 Å².